The molecule has 27 heavy (non-hydrogen) atoms. The van der Waals surface area contributed by atoms with E-state index in [0.717, 1.165) is 64.6 Å². The van der Waals surface area contributed by atoms with Gasteiger partial charge in [-0.2, -0.15) is 0 Å². The molecule has 0 aromatic heterocycles. The molecule has 0 aromatic rings. The van der Waals surface area contributed by atoms with Gasteiger partial charge in [0, 0.05) is 57.8 Å². The number of likely N-dealkylation sites (tertiary alicyclic amines) is 1. The lowest BCUT2D eigenvalue weighted by atomic mass is 10.2. The molecule has 2 saturated heterocycles. The number of rotatable bonds is 7. The molecule has 7 heteroatoms. The number of carbonyl (C=O) groups is 1. The van der Waals surface area contributed by atoms with E-state index >= 15 is 0 Å². The molecule has 1 amide bonds. The number of ether oxygens (including phenoxy) is 1. The van der Waals surface area contributed by atoms with Crippen LogP contribution in [0.25, 0.3) is 0 Å². The Kier molecular flexibility index (Phi) is 8.83. The average molecular weight is 382 g/mol. The molecule has 2 aliphatic heterocycles. The number of amides is 1. The molecule has 2 N–H and O–H groups in total. The fourth-order valence-corrected chi connectivity index (χ4v) is 3.91. The van der Waals surface area contributed by atoms with Crippen LogP contribution in [0.5, 0.6) is 0 Å². The summed E-state index contributed by atoms with van der Waals surface area (Å²) >= 11 is 0. The minimum Gasteiger partial charge on any atom is -0.373 e. The van der Waals surface area contributed by atoms with Crippen molar-refractivity contribution >= 4 is 11.9 Å². The highest BCUT2D eigenvalue weighted by Crippen LogP contribution is 2.13. The van der Waals surface area contributed by atoms with E-state index in [4.69, 9.17) is 9.73 Å². The first kappa shape index (κ1) is 22.0. The summed E-state index contributed by atoms with van der Waals surface area (Å²) in [7, 11) is 0. The lowest BCUT2D eigenvalue weighted by Gasteiger charge is -2.35. The third-order valence-electron chi connectivity index (χ3n) is 5.08. The highest BCUT2D eigenvalue weighted by molar-refractivity contribution is 5.81. The van der Waals surface area contributed by atoms with Crippen molar-refractivity contribution in [2.45, 2.75) is 65.7 Å². The second kappa shape index (κ2) is 10.9. The van der Waals surface area contributed by atoms with Crippen molar-refractivity contribution in [3.63, 3.8) is 0 Å². The molecule has 3 unspecified atom stereocenters. The van der Waals surface area contributed by atoms with Crippen LogP contribution in [0.2, 0.25) is 0 Å². The lowest BCUT2D eigenvalue weighted by molar-refractivity contribution is -0.133. The average Bonchev–Trinajstić information content (AvgIpc) is 3.05. The van der Waals surface area contributed by atoms with Gasteiger partial charge in [0.25, 0.3) is 0 Å². The van der Waals surface area contributed by atoms with E-state index in [9.17, 15) is 4.79 Å². The van der Waals surface area contributed by atoms with Crippen molar-refractivity contribution in [3.05, 3.63) is 0 Å². The largest absolute Gasteiger partial charge is 0.373 e. The minimum absolute atomic E-state index is 0.0660. The standard InChI is InChI=1S/C20H39N5O2/c1-6-21-20(23-18-8-11-25(14-18)19(26)15(2)3)22-9-7-10-24-12-16(4)27-17(5)13-24/h15-18H,6-14H2,1-5H3,(H2,21,22,23). The van der Waals surface area contributed by atoms with Crippen LogP contribution in [0, 0.1) is 5.92 Å². The molecule has 3 atom stereocenters. The third-order valence-corrected chi connectivity index (χ3v) is 5.08. The summed E-state index contributed by atoms with van der Waals surface area (Å²) < 4.78 is 5.79. The predicted molar refractivity (Wildman–Crippen MR) is 110 cm³/mol. The minimum atomic E-state index is 0.0660. The highest BCUT2D eigenvalue weighted by atomic mass is 16.5. The van der Waals surface area contributed by atoms with Gasteiger partial charge in [-0.05, 0) is 33.6 Å². The Labute approximate surface area is 164 Å². The van der Waals surface area contributed by atoms with Gasteiger partial charge in [-0.15, -0.1) is 0 Å². The number of aliphatic imine (C=N–C) groups is 1. The molecule has 2 aliphatic rings. The Morgan fingerprint density at radius 3 is 2.56 bits per heavy atom. The van der Waals surface area contributed by atoms with Crippen molar-refractivity contribution < 1.29 is 9.53 Å². The molecule has 0 aliphatic carbocycles. The summed E-state index contributed by atoms with van der Waals surface area (Å²) in [5.41, 5.74) is 0. The summed E-state index contributed by atoms with van der Waals surface area (Å²) in [6.45, 7) is 16.6. The van der Waals surface area contributed by atoms with Gasteiger partial charge in [-0.1, -0.05) is 13.8 Å². The predicted octanol–water partition coefficient (Wildman–Crippen LogP) is 1.30. The molecule has 2 rings (SSSR count). The van der Waals surface area contributed by atoms with Gasteiger partial charge >= 0.3 is 0 Å². The zero-order valence-corrected chi connectivity index (χ0v) is 17.8. The molecule has 2 heterocycles. The fraction of sp³-hybridized carbons (Fsp3) is 0.900. The highest BCUT2D eigenvalue weighted by Gasteiger charge is 2.28. The summed E-state index contributed by atoms with van der Waals surface area (Å²) in [6, 6.07) is 0.284. The summed E-state index contributed by atoms with van der Waals surface area (Å²) in [5, 5.41) is 6.84. The van der Waals surface area contributed by atoms with Crippen LogP contribution in [0.15, 0.2) is 4.99 Å². The van der Waals surface area contributed by atoms with Gasteiger partial charge in [0.15, 0.2) is 5.96 Å². The normalized spacial score (nSPS) is 27.3. The van der Waals surface area contributed by atoms with Crippen molar-refractivity contribution in [3.8, 4) is 0 Å². The quantitative estimate of drug-likeness (QED) is 0.395. The van der Waals surface area contributed by atoms with Crippen molar-refractivity contribution in [2.75, 3.05) is 45.8 Å². The third kappa shape index (κ3) is 7.30. The van der Waals surface area contributed by atoms with Gasteiger partial charge in [0.2, 0.25) is 5.91 Å². The number of nitrogens with one attached hydrogen (secondary N) is 2. The Balaban J connectivity index is 1.75. The van der Waals surface area contributed by atoms with Crippen molar-refractivity contribution in [1.29, 1.82) is 0 Å². The maximum atomic E-state index is 12.1. The lowest BCUT2D eigenvalue weighted by Crippen LogP contribution is -2.46. The SMILES string of the molecule is CCNC(=NCCCN1CC(C)OC(C)C1)NC1CCN(C(=O)C(C)C)C1. The molecule has 0 aromatic carbocycles. The summed E-state index contributed by atoms with van der Waals surface area (Å²) in [5.74, 6) is 1.18. The molecule has 2 fully saturated rings. The first-order chi connectivity index (χ1) is 12.9. The zero-order chi connectivity index (χ0) is 19.8. The van der Waals surface area contributed by atoms with E-state index in [1.54, 1.807) is 0 Å². The first-order valence-electron chi connectivity index (χ1n) is 10.6. The van der Waals surface area contributed by atoms with Gasteiger partial charge in [0.05, 0.1) is 12.2 Å². The first-order valence-corrected chi connectivity index (χ1v) is 10.6. The number of nitrogens with zero attached hydrogens (tertiary/aromatic N) is 3. The molecular weight excluding hydrogens is 342 g/mol. The monoisotopic (exact) mass is 381 g/mol. The Morgan fingerprint density at radius 1 is 1.22 bits per heavy atom. The molecule has 156 valence electrons. The molecule has 0 saturated carbocycles. The summed E-state index contributed by atoms with van der Waals surface area (Å²) in [6.07, 6.45) is 2.65. The number of morpholine rings is 1. The van der Waals surface area contributed by atoms with E-state index < -0.39 is 0 Å². The number of guanidine groups is 1. The second-order valence-corrected chi connectivity index (χ2v) is 8.20. The van der Waals surface area contributed by atoms with Gasteiger partial charge in [-0.3, -0.25) is 14.7 Å². The maximum absolute atomic E-state index is 12.1. The van der Waals surface area contributed by atoms with Crippen molar-refractivity contribution in [1.82, 2.24) is 20.4 Å². The molecule has 7 nitrogen and oxygen atoms in total. The van der Waals surface area contributed by atoms with Crippen LogP contribution in [0.1, 0.15) is 47.5 Å². The van der Waals surface area contributed by atoms with Crippen LogP contribution in [-0.4, -0.2) is 85.7 Å². The van der Waals surface area contributed by atoms with Crippen LogP contribution < -0.4 is 10.6 Å². The van der Waals surface area contributed by atoms with Crippen LogP contribution in [0.4, 0.5) is 0 Å². The van der Waals surface area contributed by atoms with E-state index in [1.165, 1.54) is 0 Å². The Morgan fingerprint density at radius 2 is 1.93 bits per heavy atom. The fourth-order valence-electron chi connectivity index (χ4n) is 3.91. The molecule has 0 spiro atoms. The van der Waals surface area contributed by atoms with Gasteiger partial charge in [-0.25, -0.2) is 0 Å². The topological polar surface area (TPSA) is 69.2 Å². The van der Waals surface area contributed by atoms with E-state index in [0.29, 0.717) is 12.2 Å². The smallest absolute Gasteiger partial charge is 0.225 e. The van der Waals surface area contributed by atoms with E-state index in [2.05, 4.69) is 36.3 Å². The summed E-state index contributed by atoms with van der Waals surface area (Å²) in [4.78, 5) is 21.3. The van der Waals surface area contributed by atoms with Gasteiger partial charge < -0.3 is 20.3 Å². The number of hydrogen-bond acceptors (Lipinski definition) is 4. The number of carbonyl (C=O) groups excluding carboxylic acids is 1. The maximum Gasteiger partial charge on any atom is 0.225 e. The van der Waals surface area contributed by atoms with Crippen molar-refractivity contribution in [2.24, 2.45) is 10.9 Å². The van der Waals surface area contributed by atoms with Gasteiger partial charge in [0.1, 0.15) is 0 Å². The second-order valence-electron chi connectivity index (χ2n) is 8.20. The molecule has 0 bridgehead atoms. The van der Waals surface area contributed by atoms with E-state index in [1.807, 2.05) is 18.7 Å². The zero-order valence-electron chi connectivity index (χ0n) is 17.8. The Hall–Kier alpha value is -1.34. The van der Waals surface area contributed by atoms with Crippen LogP contribution >= 0.6 is 0 Å². The molecule has 0 radical (unpaired) electrons. The molecular formula is C20H39N5O2. The van der Waals surface area contributed by atoms with Crippen LogP contribution in [0.3, 0.4) is 0 Å². The Bertz CT molecular complexity index is 487. The van der Waals surface area contributed by atoms with E-state index in [-0.39, 0.29) is 17.9 Å². The number of hydrogen-bond donors (Lipinski definition) is 2. The van der Waals surface area contributed by atoms with Crippen LogP contribution in [-0.2, 0) is 9.53 Å².